The number of carbonyl (C=O) groups excluding carboxylic acids is 1. The molecule has 1 saturated heterocycles. The Morgan fingerprint density at radius 1 is 1.15 bits per heavy atom. The Morgan fingerprint density at radius 2 is 1.85 bits per heavy atom. The molecule has 142 valence electrons. The van der Waals surface area contributed by atoms with Crippen LogP contribution in [0.2, 0.25) is 0 Å². The Labute approximate surface area is 162 Å². The number of quaternary nitrogens is 1. The third-order valence-corrected chi connectivity index (χ3v) is 5.90. The lowest BCUT2D eigenvalue weighted by Gasteiger charge is -2.31. The van der Waals surface area contributed by atoms with Crippen LogP contribution in [-0.4, -0.2) is 48.1 Å². The highest BCUT2D eigenvalue weighted by atomic mass is 16.2. The molecule has 1 N–H and O–H groups in total. The van der Waals surface area contributed by atoms with Gasteiger partial charge in [0, 0.05) is 17.4 Å². The molecular formula is C23H30N3O+. The van der Waals surface area contributed by atoms with Crippen molar-refractivity contribution in [1.82, 2.24) is 9.47 Å². The van der Waals surface area contributed by atoms with Crippen molar-refractivity contribution in [2.24, 2.45) is 0 Å². The predicted octanol–water partition coefficient (Wildman–Crippen LogP) is 2.49. The van der Waals surface area contributed by atoms with Crippen molar-refractivity contribution in [2.75, 3.05) is 32.7 Å². The molecule has 0 atom stereocenters. The number of carbonyl (C=O) groups is 1. The van der Waals surface area contributed by atoms with Gasteiger partial charge in [-0.3, -0.25) is 4.79 Å². The van der Waals surface area contributed by atoms with Crippen LogP contribution < -0.4 is 4.90 Å². The van der Waals surface area contributed by atoms with Crippen molar-refractivity contribution in [2.45, 2.75) is 32.7 Å². The lowest BCUT2D eigenvalue weighted by Crippen LogP contribution is -3.14. The van der Waals surface area contributed by atoms with E-state index in [1.807, 2.05) is 11.0 Å². The van der Waals surface area contributed by atoms with Crippen molar-refractivity contribution < 1.29 is 9.69 Å². The lowest BCUT2D eigenvalue weighted by molar-refractivity contribution is -0.898. The van der Waals surface area contributed by atoms with E-state index in [1.54, 1.807) is 4.90 Å². The van der Waals surface area contributed by atoms with E-state index < -0.39 is 0 Å². The number of rotatable bonds is 5. The van der Waals surface area contributed by atoms with Gasteiger partial charge in [0.25, 0.3) is 5.91 Å². The van der Waals surface area contributed by atoms with Crippen molar-refractivity contribution in [3.05, 3.63) is 65.0 Å². The maximum atomic E-state index is 13.0. The van der Waals surface area contributed by atoms with Crippen molar-refractivity contribution >= 4 is 12.0 Å². The van der Waals surface area contributed by atoms with Crippen LogP contribution in [0.25, 0.3) is 6.08 Å². The van der Waals surface area contributed by atoms with Gasteiger partial charge in [0.05, 0.1) is 38.3 Å². The largest absolute Gasteiger partial charge is 0.345 e. The van der Waals surface area contributed by atoms with E-state index in [4.69, 9.17) is 0 Å². The van der Waals surface area contributed by atoms with Gasteiger partial charge in [0.15, 0.2) is 0 Å². The van der Waals surface area contributed by atoms with Gasteiger partial charge in [-0.1, -0.05) is 36.4 Å². The number of aromatic nitrogens is 1. The average Bonchev–Trinajstić information content (AvgIpc) is 3.47. The molecule has 0 spiro atoms. The summed E-state index contributed by atoms with van der Waals surface area (Å²) in [4.78, 5) is 16.6. The Bertz CT molecular complexity index is 825. The van der Waals surface area contributed by atoms with Crippen LogP contribution in [0.3, 0.4) is 0 Å². The summed E-state index contributed by atoms with van der Waals surface area (Å²) in [6.45, 7) is 8.99. The zero-order valence-electron chi connectivity index (χ0n) is 16.4. The highest BCUT2D eigenvalue weighted by Gasteiger charge is 2.31. The third-order valence-electron chi connectivity index (χ3n) is 5.90. The summed E-state index contributed by atoms with van der Waals surface area (Å²) in [5.41, 5.74) is 4.54. The first-order valence-corrected chi connectivity index (χ1v) is 10.2. The number of benzene rings is 1. The van der Waals surface area contributed by atoms with E-state index in [0.29, 0.717) is 6.04 Å². The minimum absolute atomic E-state index is 0.217. The molecule has 0 bridgehead atoms. The second kappa shape index (κ2) is 7.73. The van der Waals surface area contributed by atoms with E-state index >= 15 is 0 Å². The monoisotopic (exact) mass is 364 g/mol. The number of hydrogen-bond donors (Lipinski definition) is 1. The quantitative estimate of drug-likeness (QED) is 0.868. The maximum Gasteiger partial charge on any atom is 0.256 e. The first-order chi connectivity index (χ1) is 13.1. The summed E-state index contributed by atoms with van der Waals surface area (Å²) < 4.78 is 2.36. The molecule has 4 rings (SSSR count). The maximum absolute atomic E-state index is 13.0. The van der Waals surface area contributed by atoms with Gasteiger partial charge in [0.1, 0.15) is 0 Å². The molecule has 0 unspecified atom stereocenters. The molecule has 1 amide bonds. The van der Waals surface area contributed by atoms with E-state index in [9.17, 15) is 4.79 Å². The van der Waals surface area contributed by atoms with Crippen molar-refractivity contribution in [3.8, 4) is 0 Å². The molecule has 1 saturated carbocycles. The number of aryl methyl sites for hydroxylation is 1. The Hall–Kier alpha value is -2.33. The molecule has 4 nitrogen and oxygen atoms in total. The smallest absolute Gasteiger partial charge is 0.256 e. The van der Waals surface area contributed by atoms with Gasteiger partial charge >= 0.3 is 0 Å². The first-order valence-electron chi connectivity index (χ1n) is 10.2. The standard InChI is InChI=1S/C23H29N3O/c1-18-17-22(19(2)26(18)21-10-11-21)23(27)25-15-13-24(14-16-25)12-6-9-20-7-4-3-5-8-20/h3-9,17,21H,10-16H2,1-2H3/p+1/b9-6+. The second-order valence-electron chi connectivity index (χ2n) is 7.95. The number of piperazine rings is 1. The molecule has 27 heavy (non-hydrogen) atoms. The fraction of sp³-hybridized carbons (Fsp3) is 0.435. The summed E-state index contributed by atoms with van der Waals surface area (Å²) in [5.74, 6) is 0.217. The number of amides is 1. The van der Waals surface area contributed by atoms with Crippen LogP contribution in [0.1, 0.15) is 46.2 Å². The lowest BCUT2D eigenvalue weighted by atomic mass is 10.2. The van der Waals surface area contributed by atoms with Gasteiger partial charge in [-0.2, -0.15) is 0 Å². The van der Waals surface area contributed by atoms with E-state index in [-0.39, 0.29) is 5.91 Å². The summed E-state index contributed by atoms with van der Waals surface area (Å²) in [6, 6.07) is 13.2. The highest BCUT2D eigenvalue weighted by Crippen LogP contribution is 2.38. The van der Waals surface area contributed by atoms with Gasteiger partial charge in [-0.15, -0.1) is 0 Å². The zero-order valence-corrected chi connectivity index (χ0v) is 16.4. The van der Waals surface area contributed by atoms with Crippen molar-refractivity contribution in [1.29, 1.82) is 0 Å². The van der Waals surface area contributed by atoms with Crippen LogP contribution in [0, 0.1) is 13.8 Å². The van der Waals surface area contributed by atoms with Crippen molar-refractivity contribution in [3.63, 3.8) is 0 Å². The molecule has 1 aliphatic heterocycles. The summed E-state index contributed by atoms with van der Waals surface area (Å²) in [7, 11) is 0. The zero-order chi connectivity index (χ0) is 18.8. The summed E-state index contributed by atoms with van der Waals surface area (Å²) >= 11 is 0. The number of hydrogen-bond acceptors (Lipinski definition) is 1. The molecular weight excluding hydrogens is 334 g/mol. The highest BCUT2D eigenvalue weighted by molar-refractivity contribution is 5.95. The van der Waals surface area contributed by atoms with E-state index in [1.165, 1.54) is 24.1 Å². The van der Waals surface area contributed by atoms with E-state index in [0.717, 1.165) is 44.0 Å². The third kappa shape index (κ3) is 4.01. The van der Waals surface area contributed by atoms with Gasteiger partial charge in [0.2, 0.25) is 0 Å². The minimum atomic E-state index is 0.217. The molecule has 4 heteroatoms. The first kappa shape index (κ1) is 18.1. The molecule has 2 fully saturated rings. The molecule has 1 aromatic carbocycles. The Morgan fingerprint density at radius 3 is 2.52 bits per heavy atom. The normalized spacial score (nSPS) is 18.4. The van der Waals surface area contributed by atoms with Gasteiger partial charge in [-0.25, -0.2) is 0 Å². The van der Waals surface area contributed by atoms with Crippen LogP contribution in [0.15, 0.2) is 42.5 Å². The average molecular weight is 365 g/mol. The fourth-order valence-corrected chi connectivity index (χ4v) is 4.21. The Kier molecular flexibility index (Phi) is 5.17. The molecule has 1 aliphatic carbocycles. The fourth-order valence-electron chi connectivity index (χ4n) is 4.21. The minimum Gasteiger partial charge on any atom is -0.345 e. The van der Waals surface area contributed by atoms with Gasteiger partial charge in [-0.05, 0) is 44.4 Å². The Balaban J connectivity index is 1.32. The summed E-state index contributed by atoms with van der Waals surface area (Å²) in [6.07, 6.45) is 6.95. The summed E-state index contributed by atoms with van der Waals surface area (Å²) in [5, 5.41) is 0. The van der Waals surface area contributed by atoms with E-state index in [2.05, 4.69) is 60.9 Å². The van der Waals surface area contributed by atoms with Gasteiger partial charge < -0.3 is 14.4 Å². The van der Waals surface area contributed by atoms with Crippen LogP contribution in [0.5, 0.6) is 0 Å². The molecule has 2 heterocycles. The van der Waals surface area contributed by atoms with Crippen LogP contribution in [-0.2, 0) is 0 Å². The topological polar surface area (TPSA) is 29.7 Å². The predicted molar refractivity (Wildman–Crippen MR) is 109 cm³/mol. The second-order valence-corrected chi connectivity index (χ2v) is 7.95. The number of nitrogens with one attached hydrogen (secondary N) is 1. The van der Waals surface area contributed by atoms with Crippen LogP contribution >= 0.6 is 0 Å². The molecule has 1 aromatic heterocycles. The number of nitrogens with zero attached hydrogens (tertiary/aromatic N) is 2. The molecule has 2 aliphatic rings. The molecule has 2 aromatic rings. The van der Waals surface area contributed by atoms with Crippen LogP contribution in [0.4, 0.5) is 0 Å². The SMILES string of the molecule is Cc1cc(C(=O)N2CC[NH+](C/C=C/c3ccccc3)CC2)c(C)n1C1CC1. The molecule has 0 radical (unpaired) electrons.